The average Bonchev–Trinajstić information content (AvgIpc) is 2.44. The summed E-state index contributed by atoms with van der Waals surface area (Å²) in [7, 11) is 0. The topological polar surface area (TPSA) is 80.0 Å². The fraction of sp³-hybridized carbons (Fsp3) is 0.800. The van der Waals surface area contributed by atoms with Gasteiger partial charge in [-0.05, 0) is 27.2 Å². The summed E-state index contributed by atoms with van der Waals surface area (Å²) in [5.41, 5.74) is 5.79. The van der Waals surface area contributed by atoms with Gasteiger partial charge in [0, 0.05) is 19.1 Å². The van der Waals surface area contributed by atoms with E-state index in [0.29, 0.717) is 17.9 Å². The Kier molecular flexibility index (Phi) is 7.79. The highest BCUT2D eigenvalue weighted by atomic mass is 15.3. The molecule has 0 radical (unpaired) electrons. The van der Waals surface area contributed by atoms with Crippen molar-refractivity contribution in [2.24, 2.45) is 0 Å². The Bertz CT molecular complexity index is 405. The molecule has 6 heteroatoms. The minimum atomic E-state index is 0.271. The summed E-state index contributed by atoms with van der Waals surface area (Å²) in [5, 5.41) is 3.33. The van der Waals surface area contributed by atoms with Gasteiger partial charge in [-0.2, -0.15) is 15.0 Å². The van der Waals surface area contributed by atoms with Crippen molar-refractivity contribution >= 4 is 17.8 Å². The summed E-state index contributed by atoms with van der Waals surface area (Å²) in [6, 6.07) is 0.341. The van der Waals surface area contributed by atoms with Crippen molar-refractivity contribution in [3.05, 3.63) is 0 Å². The summed E-state index contributed by atoms with van der Waals surface area (Å²) < 4.78 is 0. The maximum atomic E-state index is 5.79. The van der Waals surface area contributed by atoms with Crippen molar-refractivity contribution in [2.75, 3.05) is 29.0 Å². The Balaban J connectivity index is 2.61. The van der Waals surface area contributed by atoms with Gasteiger partial charge in [0.25, 0.3) is 0 Å². The maximum Gasteiger partial charge on any atom is 0.231 e. The minimum absolute atomic E-state index is 0.271. The van der Waals surface area contributed by atoms with E-state index in [1.54, 1.807) is 0 Å². The van der Waals surface area contributed by atoms with Crippen LogP contribution in [0.2, 0.25) is 0 Å². The predicted octanol–water partition coefficient (Wildman–Crippen LogP) is 3.07. The SMILES string of the molecule is CCCCCCC(C)Nc1nc(N)nc(N(CC)CC)n1. The first-order valence-corrected chi connectivity index (χ1v) is 8.13. The Hall–Kier alpha value is -1.59. The summed E-state index contributed by atoms with van der Waals surface area (Å²) in [5.74, 6) is 1.49. The molecule has 0 saturated heterocycles. The number of anilines is 3. The van der Waals surface area contributed by atoms with Gasteiger partial charge in [0.05, 0.1) is 0 Å². The van der Waals surface area contributed by atoms with E-state index < -0.39 is 0 Å². The van der Waals surface area contributed by atoms with E-state index in [-0.39, 0.29) is 5.95 Å². The van der Waals surface area contributed by atoms with E-state index in [1.807, 2.05) is 0 Å². The average molecular weight is 294 g/mol. The summed E-state index contributed by atoms with van der Waals surface area (Å²) in [6.07, 6.45) is 6.20. The van der Waals surface area contributed by atoms with Crippen LogP contribution in [0.1, 0.15) is 59.8 Å². The van der Waals surface area contributed by atoms with E-state index in [9.17, 15) is 0 Å². The van der Waals surface area contributed by atoms with Crippen molar-refractivity contribution in [3.63, 3.8) is 0 Å². The number of hydrogen-bond acceptors (Lipinski definition) is 6. The number of nitrogens with one attached hydrogen (secondary N) is 1. The van der Waals surface area contributed by atoms with Crippen molar-refractivity contribution in [1.82, 2.24) is 15.0 Å². The van der Waals surface area contributed by atoms with Crippen LogP contribution >= 0.6 is 0 Å². The molecular formula is C15H30N6. The smallest absolute Gasteiger partial charge is 0.231 e. The van der Waals surface area contributed by atoms with Crippen LogP contribution in [0.5, 0.6) is 0 Å². The van der Waals surface area contributed by atoms with E-state index in [2.05, 4.69) is 52.9 Å². The number of rotatable bonds is 10. The quantitative estimate of drug-likeness (QED) is 0.646. The number of nitrogens with zero attached hydrogens (tertiary/aromatic N) is 4. The highest BCUT2D eigenvalue weighted by Gasteiger charge is 2.11. The lowest BCUT2D eigenvalue weighted by atomic mass is 10.1. The Morgan fingerprint density at radius 3 is 2.38 bits per heavy atom. The summed E-state index contributed by atoms with van der Waals surface area (Å²) in [4.78, 5) is 14.9. The molecule has 0 aromatic carbocycles. The van der Waals surface area contributed by atoms with Crippen LogP contribution in [0.15, 0.2) is 0 Å². The van der Waals surface area contributed by atoms with Gasteiger partial charge in [0.2, 0.25) is 17.8 Å². The molecule has 1 unspecified atom stereocenters. The fourth-order valence-corrected chi connectivity index (χ4v) is 2.26. The van der Waals surface area contributed by atoms with Gasteiger partial charge in [-0.1, -0.05) is 32.6 Å². The van der Waals surface area contributed by atoms with Crippen molar-refractivity contribution in [2.45, 2.75) is 65.8 Å². The molecule has 0 aliphatic heterocycles. The van der Waals surface area contributed by atoms with Gasteiger partial charge in [-0.15, -0.1) is 0 Å². The third-order valence-corrected chi connectivity index (χ3v) is 3.55. The second kappa shape index (κ2) is 9.37. The molecule has 1 aromatic heterocycles. The molecule has 0 amide bonds. The lowest BCUT2D eigenvalue weighted by Gasteiger charge is -2.20. The van der Waals surface area contributed by atoms with Gasteiger partial charge in [0.1, 0.15) is 0 Å². The fourth-order valence-electron chi connectivity index (χ4n) is 2.26. The monoisotopic (exact) mass is 294 g/mol. The molecule has 0 fully saturated rings. The van der Waals surface area contributed by atoms with Crippen LogP contribution in [-0.2, 0) is 0 Å². The number of unbranched alkanes of at least 4 members (excludes halogenated alkanes) is 3. The maximum absolute atomic E-state index is 5.79. The number of nitrogens with two attached hydrogens (primary N) is 1. The van der Waals surface area contributed by atoms with Gasteiger partial charge >= 0.3 is 0 Å². The van der Waals surface area contributed by atoms with E-state index in [1.165, 1.54) is 25.7 Å². The molecule has 0 bridgehead atoms. The molecule has 21 heavy (non-hydrogen) atoms. The second-order valence-electron chi connectivity index (χ2n) is 5.38. The van der Waals surface area contributed by atoms with Gasteiger partial charge < -0.3 is 16.0 Å². The van der Waals surface area contributed by atoms with E-state index in [4.69, 9.17) is 5.73 Å². The number of hydrogen-bond donors (Lipinski definition) is 2. The van der Waals surface area contributed by atoms with Crippen LogP contribution in [0.25, 0.3) is 0 Å². The molecule has 1 atom stereocenters. The molecule has 0 aliphatic rings. The minimum Gasteiger partial charge on any atom is -0.368 e. The lowest BCUT2D eigenvalue weighted by Crippen LogP contribution is -2.26. The molecule has 0 aliphatic carbocycles. The number of aromatic nitrogens is 3. The van der Waals surface area contributed by atoms with E-state index >= 15 is 0 Å². The largest absolute Gasteiger partial charge is 0.368 e. The first-order valence-electron chi connectivity index (χ1n) is 8.13. The summed E-state index contributed by atoms with van der Waals surface area (Å²) >= 11 is 0. The highest BCUT2D eigenvalue weighted by molar-refractivity contribution is 5.42. The van der Waals surface area contributed by atoms with Crippen molar-refractivity contribution in [1.29, 1.82) is 0 Å². The second-order valence-corrected chi connectivity index (χ2v) is 5.38. The molecule has 0 saturated carbocycles. The zero-order valence-electron chi connectivity index (χ0n) is 13.9. The zero-order chi connectivity index (χ0) is 15.7. The molecule has 1 aromatic rings. The Morgan fingerprint density at radius 1 is 1.05 bits per heavy atom. The Morgan fingerprint density at radius 2 is 1.76 bits per heavy atom. The number of nitrogen functional groups attached to an aromatic ring is 1. The molecule has 1 rings (SSSR count). The normalized spacial score (nSPS) is 12.2. The van der Waals surface area contributed by atoms with Gasteiger partial charge in [-0.25, -0.2) is 0 Å². The first-order chi connectivity index (χ1) is 10.1. The van der Waals surface area contributed by atoms with E-state index in [0.717, 1.165) is 19.5 Å². The van der Waals surface area contributed by atoms with Crippen molar-refractivity contribution < 1.29 is 0 Å². The standard InChI is InChI=1S/C15H30N6/c1-5-8-9-10-11-12(4)17-14-18-13(16)19-15(20-14)21(6-2)7-3/h12H,5-11H2,1-4H3,(H3,16,17,18,19,20). The zero-order valence-corrected chi connectivity index (χ0v) is 13.9. The molecule has 6 nitrogen and oxygen atoms in total. The Labute approximate surface area is 128 Å². The summed E-state index contributed by atoms with van der Waals surface area (Å²) in [6.45, 7) is 10.2. The van der Waals surface area contributed by atoms with Crippen LogP contribution in [0.3, 0.4) is 0 Å². The third-order valence-electron chi connectivity index (χ3n) is 3.55. The van der Waals surface area contributed by atoms with Crippen LogP contribution in [-0.4, -0.2) is 34.1 Å². The van der Waals surface area contributed by atoms with Crippen molar-refractivity contribution in [3.8, 4) is 0 Å². The first kappa shape index (κ1) is 17.5. The molecule has 120 valence electrons. The molecule has 1 heterocycles. The molecule has 0 spiro atoms. The third kappa shape index (κ3) is 6.14. The molecular weight excluding hydrogens is 264 g/mol. The lowest BCUT2D eigenvalue weighted by molar-refractivity contribution is 0.591. The van der Waals surface area contributed by atoms with Gasteiger partial charge in [-0.3, -0.25) is 0 Å². The van der Waals surface area contributed by atoms with Crippen LogP contribution in [0, 0.1) is 0 Å². The molecule has 3 N–H and O–H groups in total. The van der Waals surface area contributed by atoms with Crippen LogP contribution < -0.4 is 16.0 Å². The van der Waals surface area contributed by atoms with Gasteiger partial charge in [0.15, 0.2) is 0 Å². The highest BCUT2D eigenvalue weighted by Crippen LogP contribution is 2.14. The predicted molar refractivity (Wildman–Crippen MR) is 89.6 cm³/mol. The van der Waals surface area contributed by atoms with Crippen LogP contribution in [0.4, 0.5) is 17.8 Å².